The van der Waals surface area contributed by atoms with Gasteiger partial charge in [0.05, 0.1) is 31.8 Å². The van der Waals surface area contributed by atoms with E-state index in [4.69, 9.17) is 9.47 Å². The number of ketones is 1. The summed E-state index contributed by atoms with van der Waals surface area (Å²) in [6.45, 7) is 5.42. The van der Waals surface area contributed by atoms with Gasteiger partial charge in [-0.3, -0.25) is 24.2 Å². The maximum atomic E-state index is 14.4. The highest BCUT2D eigenvalue weighted by Crippen LogP contribution is 2.42. The van der Waals surface area contributed by atoms with Crippen molar-refractivity contribution in [3.8, 4) is 5.75 Å². The van der Waals surface area contributed by atoms with E-state index in [2.05, 4.69) is 20.6 Å². The molecule has 3 aliphatic rings. The van der Waals surface area contributed by atoms with E-state index in [1.165, 1.54) is 30.6 Å². The first-order valence-corrected chi connectivity index (χ1v) is 15.5. The van der Waals surface area contributed by atoms with Crippen molar-refractivity contribution in [2.24, 2.45) is 11.3 Å². The summed E-state index contributed by atoms with van der Waals surface area (Å²) < 4.78 is 11.4. The lowest BCUT2D eigenvalue weighted by Crippen LogP contribution is -2.61. The first kappa shape index (κ1) is 32.1. The molecule has 5 rings (SSSR count). The number of carbonyl (C=O) groups excluding carboxylic acids is 5. The molecule has 2 N–H and O–H groups in total. The quantitative estimate of drug-likeness (QED) is 0.445. The Bertz CT molecular complexity index is 1450. The van der Waals surface area contributed by atoms with Crippen molar-refractivity contribution < 1.29 is 33.4 Å². The van der Waals surface area contributed by atoms with Gasteiger partial charge in [0.1, 0.15) is 35.2 Å². The van der Waals surface area contributed by atoms with E-state index in [0.29, 0.717) is 11.3 Å². The predicted molar refractivity (Wildman–Crippen MR) is 162 cm³/mol. The Labute approximate surface area is 262 Å². The predicted octanol–water partition coefficient (Wildman–Crippen LogP) is 2.86. The van der Waals surface area contributed by atoms with Crippen LogP contribution >= 0.6 is 0 Å². The second-order valence-corrected chi connectivity index (χ2v) is 13.3. The summed E-state index contributed by atoms with van der Waals surface area (Å²) in [5.41, 5.74) is -1.37. The number of Topliss-reactive ketones (excluding diaryl/α,β-unsaturated/α-hetero) is 1. The molecule has 2 aromatic rings. The molecule has 240 valence electrons. The summed E-state index contributed by atoms with van der Waals surface area (Å²) in [6, 6.07) is 3.91. The van der Waals surface area contributed by atoms with Gasteiger partial charge in [0, 0.05) is 18.8 Å². The Hall–Kier alpha value is -4.35. The minimum Gasteiger partial charge on any atom is -0.484 e. The number of rotatable bonds is 7. The van der Waals surface area contributed by atoms with Crippen LogP contribution in [0.2, 0.25) is 0 Å². The largest absolute Gasteiger partial charge is 0.484 e. The lowest BCUT2D eigenvalue weighted by Gasteiger charge is -2.38. The third kappa shape index (κ3) is 6.84. The maximum Gasteiger partial charge on any atom is 0.328 e. The summed E-state index contributed by atoms with van der Waals surface area (Å²) in [6.07, 6.45) is 8.65. The minimum atomic E-state index is -1.12. The first-order valence-electron chi connectivity index (χ1n) is 15.5. The van der Waals surface area contributed by atoms with Crippen molar-refractivity contribution in [3.63, 3.8) is 0 Å². The lowest BCUT2D eigenvalue weighted by atomic mass is 9.82. The number of hydrogen-bond acceptors (Lipinski definition) is 9. The van der Waals surface area contributed by atoms with Crippen LogP contribution in [0.3, 0.4) is 0 Å². The number of benzene rings is 1. The Morgan fingerprint density at radius 3 is 2.47 bits per heavy atom. The Morgan fingerprint density at radius 2 is 1.80 bits per heavy atom. The highest BCUT2D eigenvalue weighted by molar-refractivity contribution is 6.01. The normalized spacial score (nSPS) is 23.0. The summed E-state index contributed by atoms with van der Waals surface area (Å²) in [7, 11) is 1.25. The van der Waals surface area contributed by atoms with E-state index in [0.717, 1.165) is 32.1 Å². The van der Waals surface area contributed by atoms with Crippen LogP contribution in [0.4, 0.5) is 0 Å². The van der Waals surface area contributed by atoms with Gasteiger partial charge >= 0.3 is 5.97 Å². The number of amides is 3. The second-order valence-electron chi connectivity index (χ2n) is 13.3. The number of methoxy groups -OCH3 is 1. The molecule has 0 radical (unpaired) electrons. The Balaban J connectivity index is 1.41. The topological polar surface area (TPSA) is 157 Å². The molecule has 1 saturated heterocycles. The fourth-order valence-electron chi connectivity index (χ4n) is 6.71. The smallest absolute Gasteiger partial charge is 0.328 e. The van der Waals surface area contributed by atoms with Crippen LogP contribution in [0, 0.1) is 11.3 Å². The van der Waals surface area contributed by atoms with Gasteiger partial charge in [0.25, 0.3) is 5.91 Å². The van der Waals surface area contributed by atoms with Crippen molar-refractivity contribution in [3.05, 3.63) is 54.1 Å². The van der Waals surface area contributed by atoms with Crippen molar-refractivity contribution in [2.45, 2.75) is 89.4 Å². The van der Waals surface area contributed by atoms with Gasteiger partial charge in [0.2, 0.25) is 11.8 Å². The van der Waals surface area contributed by atoms with Crippen molar-refractivity contribution in [1.82, 2.24) is 25.5 Å². The molecular weight excluding hydrogens is 578 g/mol. The van der Waals surface area contributed by atoms with Crippen LogP contribution in [0.1, 0.15) is 86.6 Å². The molecule has 4 atom stereocenters. The SMILES string of the molecule is COC(=O)C1CC2(CC(=O)c3ccccc3O2)CN1C(=O)C(NC(=O)[C@@H](NC(=O)c1cnccn1)C1CCCCC1)C(C)(C)C. The molecule has 1 aromatic heterocycles. The standard InChI is InChI=1S/C33H41N5O7/c1-32(2,3)27(37-29(41)26(20-10-6-5-7-11-20)36-28(40)22-18-34-14-15-35-22)30(42)38-19-33(16-23(38)31(43)44-4)17-24(39)21-12-8-9-13-25(21)45-33/h8-9,12-15,18,20,23,26-27H,5-7,10-11,16-17,19H2,1-4H3,(H,36,40)(H,37,41)/t23?,26-,27?,33?/m0/s1. The van der Waals surface area contributed by atoms with Gasteiger partial charge in [-0.15, -0.1) is 0 Å². The number of ether oxygens (including phenoxy) is 2. The minimum absolute atomic E-state index is 0.00794. The van der Waals surface area contributed by atoms with Gasteiger partial charge < -0.3 is 25.0 Å². The van der Waals surface area contributed by atoms with E-state index < -0.39 is 52.8 Å². The fourth-order valence-corrected chi connectivity index (χ4v) is 6.71. The van der Waals surface area contributed by atoms with E-state index in [9.17, 15) is 24.0 Å². The average Bonchev–Trinajstić information content (AvgIpc) is 3.40. The van der Waals surface area contributed by atoms with E-state index in [1.54, 1.807) is 24.3 Å². The third-order valence-corrected chi connectivity index (χ3v) is 9.04. The molecule has 3 unspecified atom stereocenters. The second kappa shape index (κ2) is 12.9. The number of esters is 1. The van der Waals surface area contributed by atoms with Crippen LogP contribution in [0.15, 0.2) is 42.9 Å². The molecule has 0 bridgehead atoms. The van der Waals surface area contributed by atoms with Crippen molar-refractivity contribution in [1.29, 1.82) is 0 Å². The van der Waals surface area contributed by atoms with Gasteiger partial charge in [-0.2, -0.15) is 0 Å². The van der Waals surface area contributed by atoms with E-state index in [1.807, 2.05) is 20.8 Å². The fraction of sp³-hybridized carbons (Fsp3) is 0.545. The number of aromatic nitrogens is 2. The number of nitrogens with zero attached hydrogens (tertiary/aromatic N) is 3. The molecule has 1 saturated carbocycles. The summed E-state index contributed by atoms with van der Waals surface area (Å²) in [5.74, 6) is -2.01. The van der Waals surface area contributed by atoms with Crippen molar-refractivity contribution >= 4 is 29.5 Å². The molecule has 2 fully saturated rings. The average molecular weight is 620 g/mol. The van der Waals surface area contributed by atoms with Crippen LogP contribution in [0.5, 0.6) is 5.75 Å². The number of para-hydroxylation sites is 1. The van der Waals surface area contributed by atoms with Crippen LogP contribution in [-0.2, 0) is 19.1 Å². The van der Waals surface area contributed by atoms with E-state index in [-0.39, 0.29) is 36.8 Å². The lowest BCUT2D eigenvalue weighted by molar-refractivity contribution is -0.153. The van der Waals surface area contributed by atoms with E-state index >= 15 is 0 Å². The molecular formula is C33H41N5O7. The van der Waals surface area contributed by atoms with Gasteiger partial charge in [-0.1, -0.05) is 52.2 Å². The zero-order valence-corrected chi connectivity index (χ0v) is 26.2. The number of nitrogens with one attached hydrogen (secondary N) is 2. The maximum absolute atomic E-state index is 14.4. The zero-order valence-electron chi connectivity index (χ0n) is 26.2. The molecule has 1 spiro atoms. The monoisotopic (exact) mass is 619 g/mol. The van der Waals surface area contributed by atoms with Crippen molar-refractivity contribution in [2.75, 3.05) is 13.7 Å². The number of carbonyl (C=O) groups is 5. The molecule has 2 aliphatic heterocycles. The third-order valence-electron chi connectivity index (χ3n) is 9.04. The molecule has 3 amide bonds. The molecule has 1 aromatic carbocycles. The molecule has 45 heavy (non-hydrogen) atoms. The molecule has 12 nitrogen and oxygen atoms in total. The highest BCUT2D eigenvalue weighted by atomic mass is 16.5. The van der Waals surface area contributed by atoms with Gasteiger partial charge in [0.15, 0.2) is 5.78 Å². The first-order chi connectivity index (χ1) is 21.4. The molecule has 12 heteroatoms. The van der Waals surface area contributed by atoms with Gasteiger partial charge in [-0.25, -0.2) is 9.78 Å². The van der Waals surface area contributed by atoms with Gasteiger partial charge in [-0.05, 0) is 36.3 Å². The summed E-state index contributed by atoms with van der Waals surface area (Å²) in [4.78, 5) is 77.1. The summed E-state index contributed by atoms with van der Waals surface area (Å²) >= 11 is 0. The highest BCUT2D eigenvalue weighted by Gasteiger charge is 2.55. The van der Waals surface area contributed by atoms with Crippen LogP contribution < -0.4 is 15.4 Å². The Morgan fingerprint density at radius 1 is 1.07 bits per heavy atom. The zero-order chi connectivity index (χ0) is 32.4. The number of fused-ring (bicyclic) bond motifs is 1. The Kier molecular flexibility index (Phi) is 9.22. The van der Waals surface area contributed by atoms with Crippen LogP contribution in [0.25, 0.3) is 0 Å². The number of likely N-dealkylation sites (tertiary alicyclic amines) is 1. The van der Waals surface area contributed by atoms with Crippen LogP contribution in [-0.4, -0.2) is 81.7 Å². The summed E-state index contributed by atoms with van der Waals surface area (Å²) in [5, 5.41) is 5.80. The molecule has 1 aliphatic carbocycles. The number of hydrogen-bond donors (Lipinski definition) is 2. The molecule has 3 heterocycles.